The normalized spacial score (nSPS) is 13.1. The van der Waals surface area contributed by atoms with Gasteiger partial charge in [0.2, 0.25) is 0 Å². The number of nitrogens with one attached hydrogen (secondary N) is 1. The number of hydrogen-bond donors (Lipinski definition) is 1. The van der Waals surface area contributed by atoms with Crippen LogP contribution in [0.15, 0.2) is 18.2 Å². The molecule has 0 aliphatic carbocycles. The largest absolute Gasteiger partial charge is 0.311 e. The van der Waals surface area contributed by atoms with Gasteiger partial charge in [0.1, 0.15) is 0 Å². The SMILES string of the molecule is Cc1ccc(C)c(CNCC(C)N(C)C)c1. The highest BCUT2D eigenvalue weighted by Gasteiger charge is 2.04. The lowest BCUT2D eigenvalue weighted by atomic mass is 10.1. The highest BCUT2D eigenvalue weighted by Crippen LogP contribution is 2.10. The molecule has 2 heteroatoms. The monoisotopic (exact) mass is 220 g/mol. The van der Waals surface area contributed by atoms with Crippen molar-refractivity contribution in [3.63, 3.8) is 0 Å². The molecule has 1 N–H and O–H groups in total. The molecular formula is C14H24N2. The molecule has 0 amide bonds. The minimum Gasteiger partial charge on any atom is -0.311 e. The zero-order valence-electron chi connectivity index (χ0n) is 11.2. The van der Waals surface area contributed by atoms with E-state index in [0.717, 1.165) is 13.1 Å². The van der Waals surface area contributed by atoms with Crippen LogP contribution >= 0.6 is 0 Å². The Morgan fingerprint density at radius 1 is 1.25 bits per heavy atom. The standard InChI is InChI=1S/C14H24N2/c1-11-6-7-12(2)14(8-11)10-15-9-13(3)16(4)5/h6-8,13,15H,9-10H2,1-5H3. The van der Waals surface area contributed by atoms with Gasteiger partial charge in [0.15, 0.2) is 0 Å². The molecule has 1 aromatic carbocycles. The summed E-state index contributed by atoms with van der Waals surface area (Å²) in [6.45, 7) is 8.54. The third-order valence-electron chi connectivity index (χ3n) is 3.14. The Hall–Kier alpha value is -0.860. The summed E-state index contributed by atoms with van der Waals surface area (Å²) in [6, 6.07) is 7.20. The minimum absolute atomic E-state index is 0.574. The van der Waals surface area contributed by atoms with E-state index in [2.05, 4.69) is 63.3 Å². The Kier molecular flexibility index (Phi) is 4.97. The first kappa shape index (κ1) is 13.2. The lowest BCUT2D eigenvalue weighted by molar-refractivity contribution is 0.302. The van der Waals surface area contributed by atoms with E-state index < -0.39 is 0 Å². The average molecular weight is 220 g/mol. The van der Waals surface area contributed by atoms with Crippen molar-refractivity contribution in [2.24, 2.45) is 0 Å². The van der Waals surface area contributed by atoms with Gasteiger partial charge in [-0.05, 0) is 46.0 Å². The number of hydrogen-bond acceptors (Lipinski definition) is 2. The fourth-order valence-corrected chi connectivity index (χ4v) is 1.59. The van der Waals surface area contributed by atoms with Gasteiger partial charge in [0.25, 0.3) is 0 Å². The van der Waals surface area contributed by atoms with Crippen molar-refractivity contribution in [1.29, 1.82) is 0 Å². The Morgan fingerprint density at radius 3 is 2.56 bits per heavy atom. The van der Waals surface area contributed by atoms with Crippen LogP contribution in [0.1, 0.15) is 23.6 Å². The summed E-state index contributed by atoms with van der Waals surface area (Å²) in [6.07, 6.45) is 0. The molecule has 1 rings (SSSR count). The van der Waals surface area contributed by atoms with Crippen molar-refractivity contribution >= 4 is 0 Å². The number of rotatable bonds is 5. The van der Waals surface area contributed by atoms with Crippen molar-refractivity contribution in [3.8, 4) is 0 Å². The second-order valence-corrected chi connectivity index (χ2v) is 4.87. The minimum atomic E-state index is 0.574. The van der Waals surface area contributed by atoms with Crippen molar-refractivity contribution in [1.82, 2.24) is 10.2 Å². The summed E-state index contributed by atoms with van der Waals surface area (Å²) >= 11 is 0. The smallest absolute Gasteiger partial charge is 0.0208 e. The lowest BCUT2D eigenvalue weighted by Crippen LogP contribution is -2.35. The highest BCUT2D eigenvalue weighted by atomic mass is 15.1. The summed E-state index contributed by atoms with van der Waals surface area (Å²) in [5.41, 5.74) is 4.12. The van der Waals surface area contributed by atoms with Gasteiger partial charge in [-0.25, -0.2) is 0 Å². The highest BCUT2D eigenvalue weighted by molar-refractivity contribution is 5.30. The fourth-order valence-electron chi connectivity index (χ4n) is 1.59. The van der Waals surface area contributed by atoms with E-state index in [0.29, 0.717) is 6.04 Å². The first-order valence-electron chi connectivity index (χ1n) is 5.94. The van der Waals surface area contributed by atoms with Gasteiger partial charge in [0.05, 0.1) is 0 Å². The molecule has 0 bridgehead atoms. The zero-order chi connectivity index (χ0) is 12.1. The molecule has 16 heavy (non-hydrogen) atoms. The fraction of sp³-hybridized carbons (Fsp3) is 0.571. The van der Waals surface area contributed by atoms with Gasteiger partial charge >= 0.3 is 0 Å². The Bertz CT molecular complexity index is 332. The van der Waals surface area contributed by atoms with Crippen molar-refractivity contribution in [2.45, 2.75) is 33.4 Å². The third kappa shape index (κ3) is 3.95. The molecule has 0 radical (unpaired) electrons. The van der Waals surface area contributed by atoms with Gasteiger partial charge in [-0.1, -0.05) is 23.8 Å². The molecule has 2 nitrogen and oxygen atoms in total. The molecule has 0 aliphatic rings. The zero-order valence-corrected chi connectivity index (χ0v) is 11.2. The topological polar surface area (TPSA) is 15.3 Å². The molecule has 0 saturated carbocycles. The summed E-state index contributed by atoms with van der Waals surface area (Å²) < 4.78 is 0. The third-order valence-corrected chi connectivity index (χ3v) is 3.14. The van der Waals surface area contributed by atoms with Crippen LogP contribution in [0.3, 0.4) is 0 Å². The second-order valence-electron chi connectivity index (χ2n) is 4.87. The van der Waals surface area contributed by atoms with Crippen LogP contribution in [0.2, 0.25) is 0 Å². The molecule has 0 aromatic heterocycles. The van der Waals surface area contributed by atoms with Crippen molar-refractivity contribution in [3.05, 3.63) is 34.9 Å². The number of nitrogens with zero attached hydrogens (tertiary/aromatic N) is 1. The van der Waals surface area contributed by atoms with Crippen LogP contribution in [0.4, 0.5) is 0 Å². The van der Waals surface area contributed by atoms with E-state index in [-0.39, 0.29) is 0 Å². The summed E-state index contributed by atoms with van der Waals surface area (Å²) in [4.78, 5) is 2.23. The van der Waals surface area contributed by atoms with Gasteiger partial charge < -0.3 is 10.2 Å². The molecule has 0 heterocycles. The number of benzene rings is 1. The maximum absolute atomic E-state index is 3.51. The summed E-state index contributed by atoms with van der Waals surface area (Å²) in [5, 5.41) is 3.51. The molecular weight excluding hydrogens is 196 g/mol. The Labute approximate surface area is 99.7 Å². The van der Waals surface area contributed by atoms with Crippen LogP contribution in [0, 0.1) is 13.8 Å². The van der Waals surface area contributed by atoms with Crippen LogP contribution in [-0.4, -0.2) is 31.6 Å². The molecule has 1 unspecified atom stereocenters. The van der Waals surface area contributed by atoms with E-state index in [9.17, 15) is 0 Å². The molecule has 90 valence electrons. The molecule has 1 aromatic rings. The number of likely N-dealkylation sites (N-methyl/N-ethyl adjacent to an activating group) is 1. The Morgan fingerprint density at radius 2 is 1.94 bits per heavy atom. The van der Waals surface area contributed by atoms with Gasteiger partial charge in [-0.3, -0.25) is 0 Å². The van der Waals surface area contributed by atoms with Crippen LogP contribution in [0.25, 0.3) is 0 Å². The van der Waals surface area contributed by atoms with Gasteiger partial charge in [0, 0.05) is 19.1 Å². The lowest BCUT2D eigenvalue weighted by Gasteiger charge is -2.20. The van der Waals surface area contributed by atoms with E-state index >= 15 is 0 Å². The molecule has 0 spiro atoms. The van der Waals surface area contributed by atoms with E-state index in [1.54, 1.807) is 0 Å². The molecule has 0 aliphatic heterocycles. The Balaban J connectivity index is 2.45. The van der Waals surface area contributed by atoms with Gasteiger partial charge in [-0.15, -0.1) is 0 Å². The quantitative estimate of drug-likeness (QED) is 0.819. The van der Waals surface area contributed by atoms with E-state index in [1.807, 2.05) is 0 Å². The van der Waals surface area contributed by atoms with Crippen LogP contribution in [-0.2, 0) is 6.54 Å². The van der Waals surface area contributed by atoms with Crippen molar-refractivity contribution in [2.75, 3.05) is 20.6 Å². The maximum Gasteiger partial charge on any atom is 0.0208 e. The molecule has 1 atom stereocenters. The van der Waals surface area contributed by atoms with Crippen molar-refractivity contribution < 1.29 is 0 Å². The average Bonchev–Trinajstić information content (AvgIpc) is 2.22. The predicted molar refractivity (Wildman–Crippen MR) is 70.8 cm³/mol. The second kappa shape index (κ2) is 6.02. The van der Waals surface area contributed by atoms with Gasteiger partial charge in [-0.2, -0.15) is 0 Å². The summed E-state index contributed by atoms with van der Waals surface area (Å²) in [5.74, 6) is 0. The first-order valence-corrected chi connectivity index (χ1v) is 5.94. The maximum atomic E-state index is 3.51. The van der Waals surface area contributed by atoms with E-state index in [4.69, 9.17) is 0 Å². The van der Waals surface area contributed by atoms with Crippen LogP contribution < -0.4 is 5.32 Å². The van der Waals surface area contributed by atoms with Crippen LogP contribution in [0.5, 0.6) is 0 Å². The molecule has 0 fully saturated rings. The predicted octanol–water partition coefficient (Wildman–Crippen LogP) is 2.34. The first-order chi connectivity index (χ1) is 7.50. The molecule has 0 saturated heterocycles. The summed E-state index contributed by atoms with van der Waals surface area (Å²) in [7, 11) is 4.23. The van der Waals surface area contributed by atoms with E-state index in [1.165, 1.54) is 16.7 Å². The number of aryl methyl sites for hydroxylation is 2.